The summed E-state index contributed by atoms with van der Waals surface area (Å²) >= 11 is 2.14. The van der Waals surface area contributed by atoms with Gasteiger partial charge in [0.15, 0.2) is 0 Å². The van der Waals surface area contributed by atoms with Crippen molar-refractivity contribution in [1.82, 2.24) is 0 Å². The third-order valence-corrected chi connectivity index (χ3v) is 1.35. The van der Waals surface area contributed by atoms with Crippen molar-refractivity contribution in [3.63, 3.8) is 0 Å². The van der Waals surface area contributed by atoms with E-state index >= 15 is 0 Å². The minimum absolute atomic E-state index is 0. The maximum atomic E-state index is 2.16. The van der Waals surface area contributed by atoms with E-state index in [4.69, 9.17) is 0 Å². The van der Waals surface area contributed by atoms with Crippen LogP contribution in [-0.4, -0.2) is 0 Å². The molecule has 0 unspecified atom stereocenters. The van der Waals surface area contributed by atoms with Crippen LogP contribution in [0.1, 0.15) is 13.8 Å². The Hall–Kier alpha value is 0.774. The van der Waals surface area contributed by atoms with Crippen molar-refractivity contribution >= 4 is 24.8 Å². The summed E-state index contributed by atoms with van der Waals surface area (Å²) in [5, 5.41) is 0. The van der Waals surface area contributed by atoms with Crippen LogP contribution < -0.4 is 0 Å². The fourth-order valence-electron chi connectivity index (χ4n) is 0.447. The fraction of sp³-hybridized carbons (Fsp3) is 0.333. The molecule has 1 rings (SSSR count). The Morgan fingerprint density at radius 2 is 1.89 bits per heavy atom. The second-order valence-corrected chi connectivity index (χ2v) is 2.33. The van der Waals surface area contributed by atoms with Gasteiger partial charge in [0.1, 0.15) is 0 Å². The van der Waals surface area contributed by atoms with Crippen molar-refractivity contribution < 1.29 is 20.4 Å². The number of allylic oxidation sites excluding steroid dienone is 4. The molecule has 0 nitrogen and oxygen atoms in total. The Kier molecular flexibility index (Phi) is 16.0. The van der Waals surface area contributed by atoms with E-state index in [1.807, 2.05) is 0 Å². The Morgan fingerprint density at radius 1 is 1.33 bits per heavy atom. The molecule has 0 atom stereocenters. The predicted molar refractivity (Wildman–Crippen MR) is 43.1 cm³/mol. The van der Waals surface area contributed by atoms with Gasteiger partial charge in [-0.25, -0.2) is 0 Å². The molecule has 0 bridgehead atoms. The van der Waals surface area contributed by atoms with E-state index < -0.39 is 0 Å². The number of rotatable bonds is 0. The van der Waals surface area contributed by atoms with Gasteiger partial charge in [0, 0.05) is 0 Å². The van der Waals surface area contributed by atoms with E-state index in [1.165, 1.54) is 10.3 Å². The molecule has 0 N–H and O–H groups in total. The molecule has 0 saturated heterocycles. The van der Waals surface area contributed by atoms with Gasteiger partial charge in [-0.1, -0.05) is 7.43 Å². The minimum atomic E-state index is 0. The molecule has 3 heteroatoms. The van der Waals surface area contributed by atoms with Crippen LogP contribution in [0.25, 0.3) is 0 Å². The first-order valence-electron chi connectivity index (χ1n) is 1.97. The SMILES string of the molecule is C.Cl.Cl.[Ti][C]1=CC=CC1. The molecule has 53 valence electrons. The van der Waals surface area contributed by atoms with Gasteiger partial charge < -0.3 is 0 Å². The maximum absolute atomic E-state index is 2.16. The summed E-state index contributed by atoms with van der Waals surface area (Å²) in [6.45, 7) is 0. The van der Waals surface area contributed by atoms with E-state index in [-0.39, 0.29) is 32.2 Å². The van der Waals surface area contributed by atoms with Gasteiger partial charge in [-0.2, -0.15) is 0 Å². The summed E-state index contributed by atoms with van der Waals surface area (Å²) in [5.41, 5.74) is 0. The molecular formula is C6H11Cl2Ti. The van der Waals surface area contributed by atoms with Crippen molar-refractivity contribution in [2.45, 2.75) is 13.8 Å². The van der Waals surface area contributed by atoms with Gasteiger partial charge in [-0.15, -0.1) is 24.8 Å². The van der Waals surface area contributed by atoms with E-state index in [9.17, 15) is 0 Å². The van der Waals surface area contributed by atoms with E-state index in [1.54, 1.807) is 0 Å². The number of hydrogen-bond acceptors (Lipinski definition) is 0. The summed E-state index contributed by atoms with van der Waals surface area (Å²) in [4.78, 5) is 0. The zero-order chi connectivity index (χ0) is 4.41. The van der Waals surface area contributed by atoms with Crippen LogP contribution in [0.2, 0.25) is 0 Å². The van der Waals surface area contributed by atoms with Crippen molar-refractivity contribution in [1.29, 1.82) is 0 Å². The Balaban J connectivity index is -0.000000120. The summed E-state index contributed by atoms with van der Waals surface area (Å²) in [7, 11) is 0. The first-order chi connectivity index (χ1) is 2.89. The Labute approximate surface area is 81.0 Å². The van der Waals surface area contributed by atoms with Gasteiger partial charge in [-0.3, -0.25) is 0 Å². The molecule has 0 aromatic heterocycles. The normalized spacial score (nSPS) is 12.1. The molecule has 9 heavy (non-hydrogen) atoms. The summed E-state index contributed by atoms with van der Waals surface area (Å²) in [5.74, 6) is 0. The standard InChI is InChI=1S/C5H5.CH4.2ClH.Ti/c1-2-4-5-3-1;;;;/h1-3H,4H2;1H4;2*1H;. The third kappa shape index (κ3) is 6.66. The van der Waals surface area contributed by atoms with Gasteiger partial charge in [0.25, 0.3) is 0 Å². The molecule has 0 aromatic carbocycles. The number of hydrogen-bond donors (Lipinski definition) is 0. The van der Waals surface area contributed by atoms with Gasteiger partial charge in [0.2, 0.25) is 0 Å². The zero-order valence-electron chi connectivity index (χ0n) is 4.26. The van der Waals surface area contributed by atoms with Gasteiger partial charge >= 0.3 is 49.0 Å². The molecule has 0 aromatic rings. The van der Waals surface area contributed by atoms with Crippen LogP contribution in [0.15, 0.2) is 22.1 Å². The van der Waals surface area contributed by atoms with Crippen LogP contribution >= 0.6 is 24.8 Å². The monoisotopic (exact) mass is 201 g/mol. The van der Waals surface area contributed by atoms with Crippen LogP contribution in [0.5, 0.6) is 0 Å². The summed E-state index contributed by atoms with van der Waals surface area (Å²) < 4.78 is 1.47. The molecule has 0 spiro atoms. The third-order valence-electron chi connectivity index (χ3n) is 0.771. The molecule has 0 saturated carbocycles. The van der Waals surface area contributed by atoms with E-state index in [2.05, 4.69) is 38.7 Å². The molecule has 1 aliphatic carbocycles. The Bertz CT molecular complexity index is 108. The fourth-order valence-corrected chi connectivity index (χ4v) is 0.782. The first kappa shape index (κ1) is 16.4. The van der Waals surface area contributed by atoms with Crippen molar-refractivity contribution in [2.24, 2.45) is 0 Å². The second kappa shape index (κ2) is 8.77. The molecule has 0 heterocycles. The molecule has 0 aliphatic heterocycles. The van der Waals surface area contributed by atoms with Gasteiger partial charge in [0.05, 0.1) is 0 Å². The molecule has 1 aliphatic rings. The van der Waals surface area contributed by atoms with Crippen molar-refractivity contribution in [3.05, 3.63) is 22.1 Å². The summed E-state index contributed by atoms with van der Waals surface area (Å²) in [6.07, 6.45) is 7.56. The van der Waals surface area contributed by atoms with Crippen LogP contribution in [0, 0.1) is 0 Å². The van der Waals surface area contributed by atoms with Crippen molar-refractivity contribution in [2.75, 3.05) is 0 Å². The molecule has 0 fully saturated rings. The first-order valence-corrected chi connectivity index (χ1v) is 2.75. The number of halogens is 2. The molecular weight excluding hydrogens is 191 g/mol. The van der Waals surface area contributed by atoms with Crippen LogP contribution in [-0.2, 0) is 20.4 Å². The van der Waals surface area contributed by atoms with Gasteiger partial charge in [-0.05, 0) is 0 Å². The quantitative estimate of drug-likeness (QED) is 0.529. The molecule has 0 amide bonds. The van der Waals surface area contributed by atoms with Crippen LogP contribution in [0.3, 0.4) is 0 Å². The van der Waals surface area contributed by atoms with Crippen LogP contribution in [0.4, 0.5) is 0 Å². The van der Waals surface area contributed by atoms with E-state index in [0.717, 1.165) is 0 Å². The predicted octanol–water partition coefficient (Wildman–Crippen LogP) is 2.86. The van der Waals surface area contributed by atoms with Crippen molar-refractivity contribution in [3.8, 4) is 0 Å². The second-order valence-electron chi connectivity index (χ2n) is 1.32. The Morgan fingerprint density at radius 3 is 2.00 bits per heavy atom. The molecule has 0 radical (unpaired) electrons. The average molecular weight is 202 g/mol. The summed E-state index contributed by atoms with van der Waals surface area (Å²) in [6, 6.07) is 0. The average Bonchev–Trinajstić information content (AvgIpc) is 1.86. The van der Waals surface area contributed by atoms with E-state index in [0.29, 0.717) is 0 Å². The zero-order valence-corrected chi connectivity index (χ0v) is 7.45. The topological polar surface area (TPSA) is 0 Å².